The lowest BCUT2D eigenvalue weighted by Crippen LogP contribution is -2.57. The molecule has 2 bridgehead atoms. The van der Waals surface area contributed by atoms with E-state index in [9.17, 15) is 0 Å². The molecule has 2 aliphatic carbocycles. The molecule has 0 aromatic heterocycles. The first-order valence-corrected chi connectivity index (χ1v) is 18.0. The summed E-state index contributed by atoms with van der Waals surface area (Å²) in [6, 6.07) is 0.997. The molecule has 0 spiro atoms. The third kappa shape index (κ3) is 5.93. The van der Waals surface area contributed by atoms with Gasteiger partial charge in [-0.3, -0.25) is 0 Å². The number of hydrogen-bond acceptors (Lipinski definition) is 3. The first kappa shape index (κ1) is 19.6. The van der Waals surface area contributed by atoms with Gasteiger partial charge in [0.15, 0.2) is 16.6 Å². The Bertz CT molecular complexity index is 410. The average molecular weight is 373 g/mol. The third-order valence-electron chi connectivity index (χ3n) is 4.53. The lowest BCUT2D eigenvalue weighted by Gasteiger charge is -2.40. The molecule has 134 valence electrons. The van der Waals surface area contributed by atoms with Crippen LogP contribution in [0.1, 0.15) is 26.2 Å². The maximum atomic E-state index is 6.63. The highest BCUT2D eigenvalue weighted by molar-refractivity contribution is 6.85. The van der Waals surface area contributed by atoms with Crippen LogP contribution in [0, 0.1) is 17.8 Å². The Morgan fingerprint density at radius 1 is 0.913 bits per heavy atom. The molecule has 2 rings (SSSR count). The van der Waals surface area contributed by atoms with Crippen LogP contribution in [-0.2, 0) is 12.7 Å². The first-order chi connectivity index (χ1) is 10.5. The van der Waals surface area contributed by atoms with Crippen LogP contribution in [0.4, 0.5) is 0 Å². The Morgan fingerprint density at radius 2 is 1.52 bits per heavy atom. The van der Waals surface area contributed by atoms with Gasteiger partial charge < -0.3 is 12.7 Å². The van der Waals surface area contributed by atoms with Crippen molar-refractivity contribution < 1.29 is 12.7 Å². The normalized spacial score (nSPS) is 27.9. The van der Waals surface area contributed by atoms with Crippen molar-refractivity contribution in [2.45, 2.75) is 71.5 Å². The van der Waals surface area contributed by atoms with E-state index in [4.69, 9.17) is 12.7 Å². The maximum Gasteiger partial charge on any atom is 0.480 e. The van der Waals surface area contributed by atoms with E-state index < -0.39 is 25.4 Å². The minimum absolute atomic E-state index is 0.692. The van der Waals surface area contributed by atoms with E-state index in [1.165, 1.54) is 19.3 Å². The Balaban J connectivity index is 2.08. The molecule has 0 radical (unpaired) electrons. The van der Waals surface area contributed by atoms with Crippen molar-refractivity contribution in [2.75, 3.05) is 6.61 Å². The van der Waals surface area contributed by atoms with Crippen molar-refractivity contribution in [3.05, 3.63) is 12.2 Å². The van der Waals surface area contributed by atoms with Crippen LogP contribution < -0.4 is 0 Å². The summed E-state index contributed by atoms with van der Waals surface area (Å²) in [5.41, 5.74) is 0. The van der Waals surface area contributed by atoms with E-state index in [0.29, 0.717) is 6.61 Å². The standard InChI is InChI=1S/C17H36O3Si3/c1-8-18-23(19-21(2,3)4,20-22(5,6)7)12-11-17-14-15-9-10-16(17)13-15/h9-10,15-17H,8,11-14H2,1-7H3. The lowest BCUT2D eigenvalue weighted by molar-refractivity contribution is 0.165. The van der Waals surface area contributed by atoms with Crippen LogP contribution in [0.25, 0.3) is 0 Å². The molecule has 1 fully saturated rings. The number of rotatable bonds is 9. The highest BCUT2D eigenvalue weighted by Gasteiger charge is 2.48. The lowest BCUT2D eigenvalue weighted by atomic mass is 9.91. The zero-order valence-electron chi connectivity index (χ0n) is 16.1. The molecular formula is C17H36O3Si3. The van der Waals surface area contributed by atoms with Gasteiger partial charge in [-0.05, 0) is 83.2 Å². The quantitative estimate of drug-likeness (QED) is 0.408. The maximum absolute atomic E-state index is 6.63. The smallest absolute Gasteiger partial charge is 0.416 e. The minimum atomic E-state index is -2.56. The van der Waals surface area contributed by atoms with Gasteiger partial charge in [0.1, 0.15) is 0 Å². The van der Waals surface area contributed by atoms with Gasteiger partial charge in [-0.2, -0.15) is 0 Å². The minimum Gasteiger partial charge on any atom is -0.416 e. The SMILES string of the molecule is CCO[Si](CCC1CC2C=CC1C2)(O[Si](C)(C)C)O[Si](C)(C)C. The Hall–Kier alpha value is 0.271. The second kappa shape index (κ2) is 7.25. The van der Waals surface area contributed by atoms with Crippen LogP contribution in [-0.4, -0.2) is 32.0 Å². The van der Waals surface area contributed by atoms with Gasteiger partial charge in [0, 0.05) is 12.7 Å². The number of fused-ring (bicyclic) bond motifs is 2. The predicted octanol–water partition coefficient (Wildman–Crippen LogP) is 5.27. The largest absolute Gasteiger partial charge is 0.480 e. The zero-order chi connectivity index (χ0) is 17.3. The van der Waals surface area contributed by atoms with Gasteiger partial charge in [0.2, 0.25) is 0 Å². The first-order valence-electron chi connectivity index (χ1n) is 9.24. The third-order valence-corrected chi connectivity index (χ3v) is 13.5. The van der Waals surface area contributed by atoms with Gasteiger partial charge in [-0.1, -0.05) is 12.2 Å². The molecule has 3 atom stereocenters. The molecule has 1 saturated carbocycles. The van der Waals surface area contributed by atoms with Gasteiger partial charge in [0.25, 0.3) is 0 Å². The molecule has 6 heteroatoms. The molecule has 0 saturated heterocycles. The molecule has 0 aromatic carbocycles. The van der Waals surface area contributed by atoms with Crippen LogP contribution in [0.5, 0.6) is 0 Å². The summed E-state index contributed by atoms with van der Waals surface area (Å²) in [7, 11) is -5.97. The molecule has 0 aromatic rings. The summed E-state index contributed by atoms with van der Waals surface area (Å²) in [5, 5.41) is 0. The average Bonchev–Trinajstić information content (AvgIpc) is 2.94. The van der Waals surface area contributed by atoms with Crippen molar-refractivity contribution in [3.63, 3.8) is 0 Å². The van der Waals surface area contributed by atoms with Crippen molar-refractivity contribution in [1.82, 2.24) is 0 Å². The molecule has 0 aliphatic heterocycles. The Labute approximate surface area is 146 Å². The van der Waals surface area contributed by atoms with E-state index >= 15 is 0 Å². The van der Waals surface area contributed by atoms with Gasteiger partial charge in [0.05, 0.1) is 0 Å². The predicted molar refractivity (Wildman–Crippen MR) is 105 cm³/mol. The monoisotopic (exact) mass is 372 g/mol. The topological polar surface area (TPSA) is 27.7 Å². The molecule has 3 nitrogen and oxygen atoms in total. The van der Waals surface area contributed by atoms with Gasteiger partial charge in [-0.15, -0.1) is 0 Å². The van der Waals surface area contributed by atoms with Crippen LogP contribution in [0.3, 0.4) is 0 Å². The fraction of sp³-hybridized carbons (Fsp3) is 0.882. The van der Waals surface area contributed by atoms with Crippen molar-refractivity contribution in [2.24, 2.45) is 17.8 Å². The van der Waals surface area contributed by atoms with E-state index in [1.54, 1.807) is 0 Å². The van der Waals surface area contributed by atoms with E-state index in [-0.39, 0.29) is 0 Å². The van der Waals surface area contributed by atoms with Crippen molar-refractivity contribution in [3.8, 4) is 0 Å². The summed E-state index contributed by atoms with van der Waals surface area (Å²) in [6.07, 6.45) is 8.80. The highest BCUT2D eigenvalue weighted by atomic mass is 28.5. The molecule has 3 unspecified atom stereocenters. The fourth-order valence-electron chi connectivity index (χ4n) is 4.00. The molecular weight excluding hydrogens is 336 g/mol. The summed E-state index contributed by atoms with van der Waals surface area (Å²) in [4.78, 5) is 0. The summed E-state index contributed by atoms with van der Waals surface area (Å²) >= 11 is 0. The Morgan fingerprint density at radius 3 is 1.91 bits per heavy atom. The zero-order valence-corrected chi connectivity index (χ0v) is 19.1. The Kier molecular flexibility index (Phi) is 6.18. The number of allylic oxidation sites excluding steroid dienone is 2. The molecule has 0 heterocycles. The summed E-state index contributed by atoms with van der Waals surface area (Å²) in [6.45, 7) is 16.3. The van der Waals surface area contributed by atoms with Gasteiger partial charge >= 0.3 is 8.80 Å². The van der Waals surface area contributed by atoms with Gasteiger partial charge in [-0.25, -0.2) is 0 Å². The second-order valence-corrected chi connectivity index (χ2v) is 21.4. The summed E-state index contributed by atoms with van der Waals surface area (Å²) < 4.78 is 19.5. The van der Waals surface area contributed by atoms with Crippen molar-refractivity contribution in [1.29, 1.82) is 0 Å². The molecule has 0 N–H and O–H groups in total. The van der Waals surface area contributed by atoms with E-state index in [0.717, 1.165) is 23.8 Å². The fourth-order valence-corrected chi connectivity index (χ4v) is 14.6. The van der Waals surface area contributed by atoms with E-state index in [1.807, 2.05) is 0 Å². The molecule has 2 aliphatic rings. The van der Waals surface area contributed by atoms with E-state index in [2.05, 4.69) is 58.4 Å². The summed E-state index contributed by atoms with van der Waals surface area (Å²) in [5.74, 6) is 2.45. The highest BCUT2D eigenvalue weighted by Crippen LogP contribution is 2.46. The van der Waals surface area contributed by atoms with Crippen LogP contribution in [0.15, 0.2) is 12.2 Å². The van der Waals surface area contributed by atoms with Crippen LogP contribution >= 0.6 is 0 Å². The van der Waals surface area contributed by atoms with Crippen molar-refractivity contribution >= 4 is 25.4 Å². The molecule has 0 amide bonds. The molecule has 23 heavy (non-hydrogen) atoms. The number of hydrogen-bond donors (Lipinski definition) is 0. The van der Waals surface area contributed by atoms with Crippen LogP contribution in [0.2, 0.25) is 45.3 Å². The second-order valence-electron chi connectivity index (χ2n) is 9.12.